The fourth-order valence-electron chi connectivity index (χ4n) is 3.12. The van der Waals surface area contributed by atoms with Gasteiger partial charge in [-0.2, -0.15) is 0 Å². The first kappa shape index (κ1) is 16.8. The monoisotopic (exact) mass is 342 g/mol. The SMILES string of the molecule is COc1cc2c(cc1OC)CN(c1ccc(C=O)cc1[N+](=O)[O-])CC2. The van der Waals surface area contributed by atoms with Crippen molar-refractivity contribution in [3.8, 4) is 11.5 Å². The van der Waals surface area contributed by atoms with Crippen molar-refractivity contribution in [1.82, 2.24) is 0 Å². The van der Waals surface area contributed by atoms with Crippen LogP contribution < -0.4 is 14.4 Å². The molecule has 7 heteroatoms. The summed E-state index contributed by atoms with van der Waals surface area (Å²) in [6.07, 6.45) is 1.35. The number of benzene rings is 2. The fraction of sp³-hybridized carbons (Fsp3) is 0.278. The van der Waals surface area contributed by atoms with E-state index < -0.39 is 4.92 Å². The highest BCUT2D eigenvalue weighted by Crippen LogP contribution is 2.36. The molecule has 1 aliphatic rings. The van der Waals surface area contributed by atoms with Gasteiger partial charge in [0.05, 0.1) is 19.1 Å². The van der Waals surface area contributed by atoms with E-state index in [0.29, 0.717) is 42.1 Å². The number of aldehydes is 1. The van der Waals surface area contributed by atoms with Crippen LogP contribution in [0.2, 0.25) is 0 Å². The Kier molecular flexibility index (Phi) is 4.56. The molecule has 0 saturated carbocycles. The van der Waals surface area contributed by atoms with Crippen LogP contribution in [0.4, 0.5) is 11.4 Å². The quantitative estimate of drug-likeness (QED) is 0.472. The van der Waals surface area contributed by atoms with Crippen LogP contribution in [-0.2, 0) is 13.0 Å². The number of hydrogen-bond donors (Lipinski definition) is 0. The zero-order valence-corrected chi connectivity index (χ0v) is 14.0. The molecule has 0 spiro atoms. The average Bonchev–Trinajstić information content (AvgIpc) is 2.65. The first-order valence-electron chi connectivity index (χ1n) is 7.79. The van der Waals surface area contributed by atoms with Crippen molar-refractivity contribution >= 4 is 17.7 Å². The third-order valence-electron chi connectivity index (χ3n) is 4.39. The predicted molar refractivity (Wildman–Crippen MR) is 92.8 cm³/mol. The van der Waals surface area contributed by atoms with E-state index in [4.69, 9.17) is 9.47 Å². The minimum absolute atomic E-state index is 0.0615. The van der Waals surface area contributed by atoms with Gasteiger partial charge in [0.1, 0.15) is 12.0 Å². The van der Waals surface area contributed by atoms with Crippen molar-refractivity contribution in [3.63, 3.8) is 0 Å². The van der Waals surface area contributed by atoms with E-state index in [2.05, 4.69) is 0 Å². The molecular formula is C18H18N2O5. The average molecular weight is 342 g/mol. The molecule has 0 aromatic heterocycles. The Morgan fingerprint density at radius 2 is 1.80 bits per heavy atom. The van der Waals surface area contributed by atoms with Crippen LogP contribution in [0.1, 0.15) is 21.5 Å². The molecule has 0 amide bonds. The number of fused-ring (bicyclic) bond motifs is 1. The Bertz CT molecular complexity index is 834. The van der Waals surface area contributed by atoms with Gasteiger partial charge in [-0.05, 0) is 41.8 Å². The number of hydrogen-bond acceptors (Lipinski definition) is 6. The second-order valence-corrected chi connectivity index (χ2v) is 5.77. The van der Waals surface area contributed by atoms with Crippen LogP contribution in [0.15, 0.2) is 30.3 Å². The fourth-order valence-corrected chi connectivity index (χ4v) is 3.12. The molecule has 0 atom stereocenters. The van der Waals surface area contributed by atoms with Gasteiger partial charge in [0.15, 0.2) is 11.5 Å². The second kappa shape index (κ2) is 6.80. The maximum absolute atomic E-state index is 11.4. The molecular weight excluding hydrogens is 324 g/mol. The Hall–Kier alpha value is -3.09. The van der Waals surface area contributed by atoms with Gasteiger partial charge in [0.2, 0.25) is 0 Å². The molecule has 0 N–H and O–H groups in total. The molecule has 0 bridgehead atoms. The molecule has 0 aliphatic carbocycles. The van der Waals surface area contributed by atoms with Gasteiger partial charge in [-0.1, -0.05) is 0 Å². The molecule has 1 aliphatic heterocycles. The second-order valence-electron chi connectivity index (χ2n) is 5.77. The van der Waals surface area contributed by atoms with E-state index in [0.717, 1.165) is 17.5 Å². The maximum Gasteiger partial charge on any atom is 0.293 e. The Morgan fingerprint density at radius 1 is 1.12 bits per heavy atom. The van der Waals surface area contributed by atoms with Crippen molar-refractivity contribution in [3.05, 3.63) is 57.1 Å². The number of nitrogens with zero attached hydrogens (tertiary/aromatic N) is 2. The summed E-state index contributed by atoms with van der Waals surface area (Å²) in [6.45, 7) is 1.17. The third kappa shape index (κ3) is 3.13. The van der Waals surface area contributed by atoms with E-state index in [9.17, 15) is 14.9 Å². The lowest BCUT2D eigenvalue weighted by Gasteiger charge is -2.31. The van der Waals surface area contributed by atoms with Crippen molar-refractivity contribution in [2.24, 2.45) is 0 Å². The molecule has 2 aromatic rings. The van der Waals surface area contributed by atoms with Crippen molar-refractivity contribution in [2.45, 2.75) is 13.0 Å². The number of carbonyl (C=O) groups is 1. The largest absolute Gasteiger partial charge is 0.493 e. The molecule has 0 fully saturated rings. The van der Waals surface area contributed by atoms with E-state index in [1.54, 1.807) is 26.4 Å². The Balaban J connectivity index is 1.98. The predicted octanol–water partition coefficient (Wildman–Crippen LogP) is 2.99. The number of carbonyl (C=O) groups excluding carboxylic acids is 1. The van der Waals surface area contributed by atoms with Crippen LogP contribution in [0.5, 0.6) is 11.5 Å². The van der Waals surface area contributed by atoms with E-state index in [-0.39, 0.29) is 5.69 Å². The normalized spacial score (nSPS) is 13.1. The summed E-state index contributed by atoms with van der Waals surface area (Å²) in [6, 6.07) is 8.40. The molecule has 7 nitrogen and oxygen atoms in total. The summed E-state index contributed by atoms with van der Waals surface area (Å²) in [5, 5.41) is 11.4. The van der Waals surface area contributed by atoms with Gasteiger partial charge in [-0.3, -0.25) is 14.9 Å². The highest BCUT2D eigenvalue weighted by molar-refractivity contribution is 5.79. The number of nitro groups is 1. The van der Waals surface area contributed by atoms with Gasteiger partial charge in [-0.25, -0.2) is 0 Å². The summed E-state index contributed by atoms with van der Waals surface area (Å²) < 4.78 is 10.7. The van der Waals surface area contributed by atoms with Gasteiger partial charge in [0, 0.05) is 24.7 Å². The molecule has 0 radical (unpaired) electrons. The molecule has 25 heavy (non-hydrogen) atoms. The summed E-state index contributed by atoms with van der Waals surface area (Å²) >= 11 is 0. The lowest BCUT2D eigenvalue weighted by molar-refractivity contribution is -0.384. The highest BCUT2D eigenvalue weighted by atomic mass is 16.6. The van der Waals surface area contributed by atoms with Crippen LogP contribution in [0.25, 0.3) is 0 Å². The topological polar surface area (TPSA) is 81.9 Å². The van der Waals surface area contributed by atoms with Crippen molar-refractivity contribution in [1.29, 1.82) is 0 Å². The summed E-state index contributed by atoms with van der Waals surface area (Å²) in [5.41, 5.74) is 2.92. The van der Waals surface area contributed by atoms with Gasteiger partial charge < -0.3 is 14.4 Å². The lowest BCUT2D eigenvalue weighted by Crippen LogP contribution is -2.31. The van der Waals surface area contributed by atoms with Crippen LogP contribution in [-0.4, -0.2) is 32.0 Å². The van der Waals surface area contributed by atoms with Crippen LogP contribution in [0.3, 0.4) is 0 Å². The maximum atomic E-state index is 11.4. The summed E-state index contributed by atoms with van der Waals surface area (Å²) in [4.78, 5) is 23.8. The number of rotatable bonds is 5. The van der Waals surface area contributed by atoms with E-state index in [1.807, 2.05) is 17.0 Å². The Morgan fingerprint density at radius 3 is 2.40 bits per heavy atom. The molecule has 0 saturated heterocycles. The van der Waals surface area contributed by atoms with Crippen molar-refractivity contribution < 1.29 is 19.2 Å². The van der Waals surface area contributed by atoms with Gasteiger partial charge >= 0.3 is 0 Å². The Labute approximate surface area is 144 Å². The molecule has 3 rings (SSSR count). The zero-order valence-electron chi connectivity index (χ0n) is 14.0. The van der Waals surface area contributed by atoms with Gasteiger partial charge in [-0.15, -0.1) is 0 Å². The molecule has 130 valence electrons. The van der Waals surface area contributed by atoms with E-state index in [1.165, 1.54) is 6.07 Å². The minimum atomic E-state index is -0.452. The summed E-state index contributed by atoms with van der Waals surface area (Å²) in [7, 11) is 3.17. The number of nitro benzene ring substituents is 1. The number of methoxy groups -OCH3 is 2. The molecule has 0 unspecified atom stereocenters. The highest BCUT2D eigenvalue weighted by Gasteiger charge is 2.25. The van der Waals surface area contributed by atoms with Crippen molar-refractivity contribution in [2.75, 3.05) is 25.7 Å². The van der Waals surface area contributed by atoms with Gasteiger partial charge in [0.25, 0.3) is 5.69 Å². The standard InChI is InChI=1S/C18H18N2O5/c1-24-17-8-13-5-6-19(10-14(13)9-18(17)25-2)15-4-3-12(11-21)7-16(15)20(22)23/h3-4,7-9,11H,5-6,10H2,1-2H3. The smallest absolute Gasteiger partial charge is 0.293 e. The minimum Gasteiger partial charge on any atom is -0.493 e. The lowest BCUT2D eigenvalue weighted by atomic mass is 9.98. The molecule has 2 aromatic carbocycles. The summed E-state index contributed by atoms with van der Waals surface area (Å²) in [5.74, 6) is 1.31. The molecule has 1 heterocycles. The first-order chi connectivity index (χ1) is 12.1. The van der Waals surface area contributed by atoms with Crippen LogP contribution in [0, 0.1) is 10.1 Å². The first-order valence-corrected chi connectivity index (χ1v) is 7.79. The van der Waals surface area contributed by atoms with E-state index >= 15 is 0 Å². The third-order valence-corrected chi connectivity index (χ3v) is 4.39. The zero-order chi connectivity index (χ0) is 18.0. The number of ether oxygens (including phenoxy) is 2. The van der Waals surface area contributed by atoms with Crippen LogP contribution >= 0.6 is 0 Å². The number of anilines is 1.